The molecular formula is C24H41NO4Si. The molecule has 1 N–H and O–H groups in total. The number of rotatable bonds is 4. The zero-order chi connectivity index (χ0) is 23.5. The first-order chi connectivity index (χ1) is 13.5. The quantitative estimate of drug-likeness (QED) is 0.467. The fourth-order valence-corrected chi connectivity index (χ4v) is 9.90. The first-order valence-electron chi connectivity index (χ1n) is 10.9. The molecule has 1 amide bonds. The van der Waals surface area contributed by atoms with Crippen LogP contribution < -0.4 is 0 Å². The third-order valence-electron chi connectivity index (χ3n) is 6.11. The van der Waals surface area contributed by atoms with E-state index in [1.54, 1.807) is 0 Å². The molecule has 1 heterocycles. The van der Waals surface area contributed by atoms with Crippen molar-refractivity contribution in [2.45, 2.75) is 110 Å². The Morgan fingerprint density at radius 2 is 1.40 bits per heavy atom. The van der Waals surface area contributed by atoms with Crippen LogP contribution in [0.1, 0.15) is 76.2 Å². The Labute approximate surface area is 184 Å². The lowest BCUT2D eigenvalue weighted by Gasteiger charge is -2.50. The lowest BCUT2D eigenvalue weighted by molar-refractivity contribution is -0.278. The molecule has 1 saturated heterocycles. The molecule has 0 spiro atoms. The van der Waals surface area contributed by atoms with Gasteiger partial charge in [-0.25, -0.2) is 4.79 Å². The van der Waals surface area contributed by atoms with Gasteiger partial charge < -0.3 is 14.6 Å². The molecule has 0 saturated carbocycles. The van der Waals surface area contributed by atoms with Crippen LogP contribution in [-0.2, 0) is 9.47 Å². The maximum Gasteiger partial charge on any atom is 0.409 e. The van der Waals surface area contributed by atoms with Gasteiger partial charge in [-0.15, -0.1) is 5.54 Å². The van der Waals surface area contributed by atoms with Crippen molar-refractivity contribution in [3.05, 3.63) is 0 Å². The van der Waals surface area contributed by atoms with Gasteiger partial charge in [0.2, 0.25) is 0 Å². The summed E-state index contributed by atoms with van der Waals surface area (Å²) in [6, 6.07) is 0. The van der Waals surface area contributed by atoms with E-state index in [1.807, 2.05) is 34.6 Å². The number of carbonyl (C=O) groups is 1. The molecule has 1 aliphatic heterocycles. The van der Waals surface area contributed by atoms with Gasteiger partial charge in [-0.3, -0.25) is 4.90 Å². The van der Waals surface area contributed by atoms with Crippen molar-refractivity contribution in [2.75, 3.05) is 13.2 Å². The Kier molecular flexibility index (Phi) is 8.27. The molecule has 5 nitrogen and oxygen atoms in total. The second kappa shape index (κ2) is 9.35. The smallest absolute Gasteiger partial charge is 0.409 e. The average Bonchev–Trinajstić information content (AvgIpc) is 2.55. The lowest BCUT2D eigenvalue weighted by Crippen LogP contribution is -2.66. The molecule has 1 aliphatic rings. The Hall–Kier alpha value is -1.47. The molecule has 0 aromatic carbocycles. The predicted molar refractivity (Wildman–Crippen MR) is 125 cm³/mol. The van der Waals surface area contributed by atoms with E-state index < -0.39 is 31.0 Å². The number of amides is 1. The normalized spacial score (nSPS) is 18.5. The number of nitrogens with zero attached hydrogens (tertiary/aromatic N) is 1. The minimum Gasteiger partial charge on any atom is -0.465 e. The fourth-order valence-electron chi connectivity index (χ4n) is 4.76. The first kappa shape index (κ1) is 26.6. The van der Waals surface area contributed by atoms with Crippen molar-refractivity contribution in [2.24, 2.45) is 0 Å². The van der Waals surface area contributed by atoms with Gasteiger partial charge in [0.25, 0.3) is 0 Å². The van der Waals surface area contributed by atoms with Gasteiger partial charge in [0.1, 0.15) is 8.07 Å². The fraction of sp³-hybridized carbons (Fsp3) is 0.792. The first-order valence-corrected chi connectivity index (χ1v) is 13.1. The number of ether oxygens (including phenoxy) is 2. The molecule has 0 radical (unpaired) electrons. The summed E-state index contributed by atoms with van der Waals surface area (Å²) in [4.78, 5) is 13.5. The van der Waals surface area contributed by atoms with E-state index in [0.717, 1.165) is 0 Å². The third kappa shape index (κ3) is 5.61. The second-order valence-corrected chi connectivity index (χ2v) is 16.3. The molecule has 1 rings (SSSR count). The largest absolute Gasteiger partial charge is 0.465 e. The van der Waals surface area contributed by atoms with Crippen LogP contribution in [0.5, 0.6) is 0 Å². The van der Waals surface area contributed by atoms with Gasteiger partial charge in [-0.05, 0) is 63.1 Å². The Morgan fingerprint density at radius 1 is 0.967 bits per heavy atom. The Balaban J connectivity index is 3.49. The van der Waals surface area contributed by atoms with Crippen molar-refractivity contribution in [3.8, 4) is 23.3 Å². The standard InChI is InChI=1S/C24H41NO4Si/c1-18(2)30(19(3)4,20(5)6)15-13-12-14-24(16-28-23(10,11)29-17-24)25(21(26)27)22(7,8)9/h18-20H,16-17H2,1-11H3,(H,26,27). The summed E-state index contributed by atoms with van der Waals surface area (Å²) < 4.78 is 11.7. The molecular weight excluding hydrogens is 394 g/mol. The number of hydrogen-bond donors (Lipinski definition) is 1. The summed E-state index contributed by atoms with van der Waals surface area (Å²) in [6.45, 7) is 23.0. The third-order valence-corrected chi connectivity index (χ3v) is 12.4. The summed E-state index contributed by atoms with van der Waals surface area (Å²) in [5.41, 5.74) is 3.32. The van der Waals surface area contributed by atoms with E-state index in [4.69, 9.17) is 9.47 Å². The molecule has 0 aromatic rings. The highest BCUT2D eigenvalue weighted by Crippen LogP contribution is 2.40. The van der Waals surface area contributed by atoms with E-state index >= 15 is 0 Å². The molecule has 1 fully saturated rings. The molecule has 0 aliphatic carbocycles. The minimum absolute atomic E-state index is 0.138. The molecule has 0 aromatic heterocycles. The van der Waals surface area contributed by atoms with E-state index in [2.05, 4.69) is 64.8 Å². The van der Waals surface area contributed by atoms with Gasteiger partial charge in [-0.2, -0.15) is 0 Å². The zero-order valence-electron chi connectivity index (χ0n) is 20.8. The highest BCUT2D eigenvalue weighted by atomic mass is 28.3. The van der Waals surface area contributed by atoms with Crippen LogP contribution in [0.15, 0.2) is 0 Å². The van der Waals surface area contributed by atoms with Crippen LogP contribution in [0.3, 0.4) is 0 Å². The Bertz CT molecular complexity index is 709. The second-order valence-electron chi connectivity index (χ2n) is 10.7. The monoisotopic (exact) mass is 435 g/mol. The maximum absolute atomic E-state index is 12.2. The highest BCUT2D eigenvalue weighted by molar-refractivity contribution is 6.90. The molecule has 0 unspecified atom stereocenters. The Morgan fingerprint density at radius 3 is 1.73 bits per heavy atom. The predicted octanol–water partition coefficient (Wildman–Crippen LogP) is 5.51. The lowest BCUT2D eigenvalue weighted by atomic mass is 9.92. The molecule has 30 heavy (non-hydrogen) atoms. The molecule has 0 atom stereocenters. The van der Waals surface area contributed by atoms with Crippen molar-refractivity contribution in [1.29, 1.82) is 0 Å². The molecule has 170 valence electrons. The van der Waals surface area contributed by atoms with Crippen LogP contribution in [0.4, 0.5) is 4.79 Å². The van der Waals surface area contributed by atoms with Crippen LogP contribution in [0.2, 0.25) is 16.6 Å². The highest BCUT2D eigenvalue weighted by Gasteiger charge is 2.50. The van der Waals surface area contributed by atoms with Crippen LogP contribution >= 0.6 is 0 Å². The summed E-state index contributed by atoms with van der Waals surface area (Å²) in [6.07, 6.45) is -1.05. The topological polar surface area (TPSA) is 59.0 Å². The van der Waals surface area contributed by atoms with Crippen molar-refractivity contribution in [3.63, 3.8) is 0 Å². The van der Waals surface area contributed by atoms with Crippen molar-refractivity contribution in [1.82, 2.24) is 4.90 Å². The SMILES string of the molecule is CC(C)[Si](C#CC#CC1(N(C(=O)O)C(C)(C)C)COC(C)(C)OC1)(C(C)C)C(C)C. The van der Waals surface area contributed by atoms with Crippen LogP contribution in [0.25, 0.3) is 0 Å². The average molecular weight is 436 g/mol. The van der Waals surface area contributed by atoms with Gasteiger partial charge >= 0.3 is 6.09 Å². The van der Waals surface area contributed by atoms with E-state index in [1.165, 1.54) is 4.90 Å². The molecule has 6 heteroatoms. The maximum atomic E-state index is 12.2. The zero-order valence-corrected chi connectivity index (χ0v) is 21.8. The minimum atomic E-state index is -1.90. The van der Waals surface area contributed by atoms with Gasteiger partial charge in [-0.1, -0.05) is 47.5 Å². The summed E-state index contributed by atoms with van der Waals surface area (Å²) in [5, 5.41) is 9.98. The van der Waals surface area contributed by atoms with Gasteiger partial charge in [0, 0.05) is 5.54 Å². The van der Waals surface area contributed by atoms with E-state index in [0.29, 0.717) is 16.6 Å². The van der Waals surface area contributed by atoms with E-state index in [-0.39, 0.29) is 13.2 Å². The summed E-state index contributed by atoms with van der Waals surface area (Å²) in [5.74, 6) is 8.51. The van der Waals surface area contributed by atoms with Crippen LogP contribution in [0, 0.1) is 23.3 Å². The summed E-state index contributed by atoms with van der Waals surface area (Å²) in [7, 11) is -1.90. The number of carboxylic acid groups (broad SMARTS) is 1. The molecule has 0 bridgehead atoms. The van der Waals surface area contributed by atoms with Gasteiger partial charge in [0.05, 0.1) is 13.2 Å². The summed E-state index contributed by atoms with van der Waals surface area (Å²) >= 11 is 0. The van der Waals surface area contributed by atoms with Crippen molar-refractivity contribution < 1.29 is 19.4 Å². The van der Waals surface area contributed by atoms with Gasteiger partial charge in [0.15, 0.2) is 11.3 Å². The van der Waals surface area contributed by atoms with Crippen LogP contribution in [-0.4, -0.2) is 54.3 Å². The number of hydrogen-bond acceptors (Lipinski definition) is 3. The van der Waals surface area contributed by atoms with E-state index in [9.17, 15) is 9.90 Å². The van der Waals surface area contributed by atoms with Crippen molar-refractivity contribution >= 4 is 14.2 Å².